The average molecular weight is 486 g/mol. The molecule has 0 bridgehead atoms. The summed E-state index contributed by atoms with van der Waals surface area (Å²) in [5, 5.41) is 7.26. The molecule has 1 N–H and O–H groups in total. The number of hydrogen-bond donors (Lipinski definition) is 1. The van der Waals surface area contributed by atoms with Gasteiger partial charge in [-0.25, -0.2) is 19.1 Å². The molecule has 0 aliphatic heterocycles. The van der Waals surface area contributed by atoms with E-state index < -0.39 is 24.5 Å². The highest BCUT2D eigenvalue weighted by molar-refractivity contribution is 7.17. The summed E-state index contributed by atoms with van der Waals surface area (Å²) in [6.45, 7) is 8.82. The molecule has 0 saturated heterocycles. The SMILES string of the molecule is Cc1cc(C)n2nc(C(=O)OCC(=O)Nc3sc4c(c3C(=O)OC(C)C)CCC(C)C4)nc2n1. The van der Waals surface area contributed by atoms with Crippen molar-refractivity contribution in [2.45, 2.75) is 60.0 Å². The van der Waals surface area contributed by atoms with E-state index in [0.717, 1.165) is 41.1 Å². The van der Waals surface area contributed by atoms with Crippen LogP contribution in [0.25, 0.3) is 5.78 Å². The number of anilines is 1. The van der Waals surface area contributed by atoms with E-state index in [4.69, 9.17) is 9.47 Å². The van der Waals surface area contributed by atoms with Crippen LogP contribution in [0.2, 0.25) is 0 Å². The van der Waals surface area contributed by atoms with Gasteiger partial charge in [0.2, 0.25) is 0 Å². The second-order valence-corrected chi connectivity index (χ2v) is 9.93. The maximum Gasteiger partial charge on any atom is 0.378 e. The van der Waals surface area contributed by atoms with Gasteiger partial charge in [0.25, 0.3) is 17.5 Å². The average Bonchev–Trinajstić information content (AvgIpc) is 3.32. The molecule has 11 heteroatoms. The van der Waals surface area contributed by atoms with Crippen molar-refractivity contribution in [3.8, 4) is 0 Å². The fourth-order valence-corrected chi connectivity index (χ4v) is 5.35. The predicted molar refractivity (Wildman–Crippen MR) is 125 cm³/mol. The number of nitrogens with zero attached hydrogens (tertiary/aromatic N) is 4. The number of carbonyl (C=O) groups excluding carboxylic acids is 3. The van der Waals surface area contributed by atoms with Crippen LogP contribution in [-0.4, -0.2) is 50.1 Å². The van der Waals surface area contributed by atoms with Crippen LogP contribution in [0, 0.1) is 19.8 Å². The second-order valence-electron chi connectivity index (χ2n) is 8.82. The van der Waals surface area contributed by atoms with Crippen molar-refractivity contribution in [2.75, 3.05) is 11.9 Å². The largest absolute Gasteiger partial charge is 0.459 e. The maximum atomic E-state index is 12.8. The van der Waals surface area contributed by atoms with Gasteiger partial charge in [-0.2, -0.15) is 4.98 Å². The molecule has 10 nitrogen and oxygen atoms in total. The first-order valence-corrected chi connectivity index (χ1v) is 12.0. The Morgan fingerprint density at radius 3 is 2.74 bits per heavy atom. The highest BCUT2D eigenvalue weighted by atomic mass is 32.1. The van der Waals surface area contributed by atoms with Gasteiger partial charge in [-0.05, 0) is 64.5 Å². The monoisotopic (exact) mass is 485 g/mol. The van der Waals surface area contributed by atoms with Crippen LogP contribution in [0.5, 0.6) is 0 Å². The molecule has 1 amide bonds. The lowest BCUT2D eigenvalue weighted by atomic mass is 9.88. The molecule has 0 aromatic carbocycles. The fourth-order valence-electron chi connectivity index (χ4n) is 3.94. The van der Waals surface area contributed by atoms with Gasteiger partial charge in [0.05, 0.1) is 11.7 Å². The van der Waals surface area contributed by atoms with Crippen LogP contribution in [-0.2, 0) is 27.1 Å². The molecule has 1 aliphatic rings. The number of thiophene rings is 1. The van der Waals surface area contributed by atoms with Crippen molar-refractivity contribution in [1.82, 2.24) is 19.6 Å². The van der Waals surface area contributed by atoms with Gasteiger partial charge in [0, 0.05) is 16.3 Å². The molecule has 4 rings (SSSR count). The summed E-state index contributed by atoms with van der Waals surface area (Å²) in [7, 11) is 0. The highest BCUT2D eigenvalue weighted by Crippen LogP contribution is 2.40. The number of nitrogens with one attached hydrogen (secondary N) is 1. The molecule has 0 radical (unpaired) electrons. The third-order valence-electron chi connectivity index (χ3n) is 5.45. The lowest BCUT2D eigenvalue weighted by molar-refractivity contribution is -0.119. The number of aromatic nitrogens is 4. The quantitative estimate of drug-likeness (QED) is 0.528. The molecule has 1 aliphatic carbocycles. The molecular formula is C23H27N5O5S. The van der Waals surface area contributed by atoms with E-state index in [9.17, 15) is 14.4 Å². The first-order valence-electron chi connectivity index (χ1n) is 11.2. The van der Waals surface area contributed by atoms with E-state index in [2.05, 4.69) is 27.3 Å². The number of esters is 2. The molecule has 0 fully saturated rings. The lowest BCUT2D eigenvalue weighted by Crippen LogP contribution is -2.23. The standard InChI is InChI=1S/C23H27N5O5S/c1-11(2)33-21(30)18-15-7-6-12(3)8-16(15)34-20(18)25-17(29)10-32-22(31)19-26-23-24-13(4)9-14(5)28(23)27-19/h9,11-12H,6-8,10H2,1-5H3,(H,25,29). The van der Waals surface area contributed by atoms with E-state index in [-0.39, 0.29) is 17.7 Å². The van der Waals surface area contributed by atoms with Crippen molar-refractivity contribution in [3.05, 3.63) is 39.3 Å². The Hall–Kier alpha value is -3.34. The van der Waals surface area contributed by atoms with Gasteiger partial charge in [-0.15, -0.1) is 16.4 Å². The number of fused-ring (bicyclic) bond motifs is 2. The zero-order chi connectivity index (χ0) is 24.6. The molecule has 0 spiro atoms. The van der Waals surface area contributed by atoms with E-state index in [1.165, 1.54) is 15.9 Å². The summed E-state index contributed by atoms with van der Waals surface area (Å²) >= 11 is 1.38. The van der Waals surface area contributed by atoms with Crippen molar-refractivity contribution in [3.63, 3.8) is 0 Å². The van der Waals surface area contributed by atoms with Gasteiger partial charge >= 0.3 is 11.9 Å². The van der Waals surface area contributed by atoms with Gasteiger partial charge in [-0.3, -0.25) is 4.79 Å². The molecular weight excluding hydrogens is 458 g/mol. The Morgan fingerprint density at radius 1 is 1.24 bits per heavy atom. The first kappa shape index (κ1) is 23.8. The number of amides is 1. The van der Waals surface area contributed by atoms with Gasteiger partial charge in [-0.1, -0.05) is 6.92 Å². The topological polar surface area (TPSA) is 125 Å². The molecule has 3 heterocycles. The van der Waals surface area contributed by atoms with Crippen LogP contribution in [0.3, 0.4) is 0 Å². The Bertz CT molecular complexity index is 1280. The molecule has 180 valence electrons. The molecule has 34 heavy (non-hydrogen) atoms. The predicted octanol–water partition coefficient (Wildman–Crippen LogP) is 3.29. The summed E-state index contributed by atoms with van der Waals surface area (Å²) in [4.78, 5) is 47.2. The molecule has 1 atom stereocenters. The van der Waals surface area contributed by atoms with E-state index >= 15 is 0 Å². The zero-order valence-electron chi connectivity index (χ0n) is 19.8. The molecule has 3 aromatic rings. The zero-order valence-corrected chi connectivity index (χ0v) is 20.6. The third kappa shape index (κ3) is 4.93. The summed E-state index contributed by atoms with van der Waals surface area (Å²) < 4.78 is 12.0. The number of carbonyl (C=O) groups is 3. The lowest BCUT2D eigenvalue weighted by Gasteiger charge is -2.18. The van der Waals surface area contributed by atoms with E-state index in [1.807, 2.05) is 19.9 Å². The van der Waals surface area contributed by atoms with Crippen LogP contribution in [0.15, 0.2) is 6.07 Å². The second kappa shape index (κ2) is 9.49. The summed E-state index contributed by atoms with van der Waals surface area (Å²) in [6, 6.07) is 1.81. The summed E-state index contributed by atoms with van der Waals surface area (Å²) in [6.07, 6.45) is 2.29. The van der Waals surface area contributed by atoms with Crippen LogP contribution in [0.4, 0.5) is 5.00 Å². The number of hydrogen-bond acceptors (Lipinski definition) is 9. The Kier molecular flexibility index (Phi) is 6.65. The summed E-state index contributed by atoms with van der Waals surface area (Å²) in [5.41, 5.74) is 2.85. The van der Waals surface area contributed by atoms with Crippen molar-refractivity contribution >= 4 is 40.0 Å². The van der Waals surface area contributed by atoms with Gasteiger partial charge in [0.15, 0.2) is 6.61 Å². The van der Waals surface area contributed by atoms with Crippen LogP contribution >= 0.6 is 11.3 Å². The maximum absolute atomic E-state index is 12.8. The highest BCUT2D eigenvalue weighted by Gasteiger charge is 2.30. The third-order valence-corrected chi connectivity index (χ3v) is 6.62. The minimum Gasteiger partial charge on any atom is -0.459 e. The molecule has 0 saturated carbocycles. The minimum atomic E-state index is -0.837. The number of rotatable bonds is 6. The molecule has 1 unspecified atom stereocenters. The Balaban J connectivity index is 1.47. The van der Waals surface area contributed by atoms with Crippen LogP contribution < -0.4 is 5.32 Å². The molecule has 3 aromatic heterocycles. The van der Waals surface area contributed by atoms with Crippen molar-refractivity contribution in [1.29, 1.82) is 0 Å². The van der Waals surface area contributed by atoms with Crippen LogP contribution in [0.1, 0.15) is 70.0 Å². The van der Waals surface area contributed by atoms with Crippen molar-refractivity contribution in [2.24, 2.45) is 5.92 Å². The summed E-state index contributed by atoms with van der Waals surface area (Å²) in [5.74, 6) is -1.26. The normalized spacial score (nSPS) is 15.3. The van der Waals surface area contributed by atoms with Crippen molar-refractivity contribution < 1.29 is 23.9 Å². The minimum absolute atomic E-state index is 0.184. The smallest absolute Gasteiger partial charge is 0.378 e. The van der Waals surface area contributed by atoms with E-state index in [1.54, 1.807) is 13.8 Å². The van der Waals surface area contributed by atoms with E-state index in [0.29, 0.717) is 16.5 Å². The number of aryl methyl sites for hydroxylation is 2. The fraction of sp³-hybridized carbons (Fsp3) is 0.478. The van der Waals surface area contributed by atoms with Gasteiger partial charge in [0.1, 0.15) is 5.00 Å². The Morgan fingerprint density at radius 2 is 2.00 bits per heavy atom. The first-order chi connectivity index (χ1) is 16.1. The van der Waals surface area contributed by atoms with Gasteiger partial charge < -0.3 is 14.8 Å². The Labute approximate surface area is 200 Å². The number of ether oxygens (including phenoxy) is 2.